The number of anilines is 4. The summed E-state index contributed by atoms with van der Waals surface area (Å²) in [6.45, 7) is 1.08. The molecular weight excluding hydrogens is 665 g/mol. The fourth-order valence-electron chi connectivity index (χ4n) is 6.70. The molecule has 0 unspecified atom stereocenters. The Morgan fingerprint density at radius 3 is 1.70 bits per heavy atom. The van der Waals surface area contributed by atoms with Crippen LogP contribution in [0.2, 0.25) is 10.0 Å². The molecule has 8 rings (SSSR count). The summed E-state index contributed by atoms with van der Waals surface area (Å²) in [7, 11) is 3.37. The summed E-state index contributed by atoms with van der Waals surface area (Å²) in [5, 5.41) is 6.35. The number of hydrogen-bond donors (Lipinski definition) is 0. The maximum atomic E-state index is 6.47. The van der Waals surface area contributed by atoms with E-state index in [0.29, 0.717) is 23.1 Å². The molecule has 3 heterocycles. The van der Waals surface area contributed by atoms with Crippen molar-refractivity contribution in [2.75, 3.05) is 37.1 Å². The molecule has 0 aliphatic rings. The van der Waals surface area contributed by atoms with Crippen LogP contribution in [-0.4, -0.2) is 42.3 Å². The van der Waals surface area contributed by atoms with Gasteiger partial charge in [0.15, 0.2) is 0 Å². The van der Waals surface area contributed by atoms with Gasteiger partial charge < -0.3 is 19.3 Å². The third-order valence-corrected chi connectivity index (χ3v) is 9.47. The second-order valence-corrected chi connectivity index (χ2v) is 12.8. The van der Waals surface area contributed by atoms with Gasteiger partial charge in [-0.05, 0) is 72.1 Å². The zero-order valence-corrected chi connectivity index (χ0v) is 28.9. The summed E-state index contributed by atoms with van der Waals surface area (Å²) in [5.41, 5.74) is 6.30. The van der Waals surface area contributed by atoms with Crippen molar-refractivity contribution >= 4 is 89.4 Å². The summed E-state index contributed by atoms with van der Waals surface area (Å²) in [6.07, 6.45) is 5.47. The smallest absolute Gasteiger partial charge is 0.121 e. The Morgan fingerprint density at radius 1 is 0.500 bits per heavy atom. The molecule has 8 aromatic rings. The van der Waals surface area contributed by atoms with Crippen LogP contribution in [0.25, 0.3) is 43.5 Å². The SMILES string of the molecule is COc1cc(N(CCN(c2cccc3cc(Cl)ccc23)c2ccnc3cc(Cl)ccc23)c2cc(OC)cc3cccnc23)c2ncccc2c1. The second kappa shape index (κ2) is 13.3. The van der Waals surface area contributed by atoms with Gasteiger partial charge in [-0.2, -0.15) is 0 Å². The predicted molar refractivity (Wildman–Crippen MR) is 206 cm³/mol. The van der Waals surface area contributed by atoms with Crippen LogP contribution in [0, 0.1) is 0 Å². The molecule has 50 heavy (non-hydrogen) atoms. The molecule has 0 fully saturated rings. The number of rotatable bonds is 9. The molecule has 3 aromatic heterocycles. The first kappa shape index (κ1) is 31.6. The van der Waals surface area contributed by atoms with Crippen molar-refractivity contribution in [2.24, 2.45) is 0 Å². The van der Waals surface area contributed by atoms with Crippen molar-refractivity contribution in [3.8, 4) is 11.5 Å². The van der Waals surface area contributed by atoms with Gasteiger partial charge >= 0.3 is 0 Å². The van der Waals surface area contributed by atoms with Crippen molar-refractivity contribution < 1.29 is 9.47 Å². The molecule has 0 saturated heterocycles. The van der Waals surface area contributed by atoms with E-state index in [9.17, 15) is 0 Å². The first-order valence-corrected chi connectivity index (χ1v) is 16.9. The Balaban J connectivity index is 1.36. The zero-order valence-electron chi connectivity index (χ0n) is 27.3. The number of methoxy groups -OCH3 is 2. The van der Waals surface area contributed by atoms with Crippen molar-refractivity contribution in [1.82, 2.24) is 15.0 Å². The predicted octanol–water partition coefficient (Wildman–Crippen LogP) is 10.8. The Hall–Kier alpha value is -5.63. The van der Waals surface area contributed by atoms with E-state index in [-0.39, 0.29) is 0 Å². The molecule has 0 saturated carbocycles. The standard InChI is InChI=1S/C41H31Cl2N5O2/c1-49-31-21-27-7-4-15-45-40(27)38(24-31)48(39-25-32(50-2)22-28-8-5-16-46-41(28)39)19-18-47(36-9-3-6-26-20-29(42)10-12-33(26)36)37-14-17-44-35-23-30(43)11-13-34(35)37/h3-17,20-25H,18-19H2,1-2H3. The minimum atomic E-state index is 0.527. The van der Waals surface area contributed by atoms with E-state index in [4.69, 9.17) is 42.6 Å². The highest BCUT2D eigenvalue weighted by molar-refractivity contribution is 6.31. The lowest BCUT2D eigenvalue weighted by atomic mass is 10.1. The Morgan fingerprint density at radius 2 is 1.06 bits per heavy atom. The highest BCUT2D eigenvalue weighted by atomic mass is 35.5. The lowest BCUT2D eigenvalue weighted by Crippen LogP contribution is -2.31. The maximum Gasteiger partial charge on any atom is 0.121 e. The number of benzene rings is 5. The van der Waals surface area contributed by atoms with Crippen LogP contribution in [0.3, 0.4) is 0 Å². The van der Waals surface area contributed by atoms with E-state index >= 15 is 0 Å². The fraction of sp³-hybridized carbons (Fsp3) is 0.0976. The number of hydrogen-bond acceptors (Lipinski definition) is 7. The van der Waals surface area contributed by atoms with Gasteiger partial charge in [0.05, 0.1) is 47.8 Å². The molecule has 0 amide bonds. The van der Waals surface area contributed by atoms with Crippen molar-refractivity contribution in [3.63, 3.8) is 0 Å². The molecule has 5 aromatic carbocycles. The van der Waals surface area contributed by atoms with Crippen LogP contribution in [0.4, 0.5) is 22.7 Å². The van der Waals surface area contributed by atoms with Gasteiger partial charge in [0, 0.05) is 81.1 Å². The number of fused-ring (bicyclic) bond motifs is 4. The number of pyridine rings is 3. The third-order valence-electron chi connectivity index (χ3n) is 9.00. The Kier molecular flexibility index (Phi) is 8.44. The maximum absolute atomic E-state index is 6.47. The van der Waals surface area contributed by atoms with Gasteiger partial charge in [0.2, 0.25) is 0 Å². The molecule has 7 nitrogen and oxygen atoms in total. The van der Waals surface area contributed by atoms with E-state index in [0.717, 1.165) is 77.7 Å². The summed E-state index contributed by atoms with van der Waals surface area (Å²) < 4.78 is 11.7. The minimum absolute atomic E-state index is 0.527. The third kappa shape index (κ3) is 5.85. The average Bonchev–Trinajstić information content (AvgIpc) is 3.15. The van der Waals surface area contributed by atoms with Gasteiger partial charge in [-0.25, -0.2) is 0 Å². The number of halogens is 2. The van der Waals surface area contributed by atoms with E-state index in [2.05, 4.69) is 57.2 Å². The molecular formula is C41H31Cl2N5O2. The first-order chi connectivity index (χ1) is 24.5. The van der Waals surface area contributed by atoms with Gasteiger partial charge in [-0.1, -0.05) is 53.5 Å². The van der Waals surface area contributed by atoms with Crippen LogP contribution >= 0.6 is 23.2 Å². The lowest BCUT2D eigenvalue weighted by Gasteiger charge is -2.33. The Bertz CT molecular complexity index is 2370. The zero-order chi connectivity index (χ0) is 34.2. The molecule has 0 spiro atoms. The molecule has 0 aliphatic carbocycles. The molecule has 0 radical (unpaired) electrons. The molecule has 0 aliphatic heterocycles. The largest absolute Gasteiger partial charge is 0.497 e. The quantitative estimate of drug-likeness (QED) is 0.149. The number of aromatic nitrogens is 3. The van der Waals surface area contributed by atoms with Gasteiger partial charge in [-0.3, -0.25) is 15.0 Å². The minimum Gasteiger partial charge on any atom is -0.497 e. The van der Waals surface area contributed by atoms with E-state index in [1.165, 1.54) is 0 Å². The average molecular weight is 697 g/mol. The van der Waals surface area contributed by atoms with Gasteiger partial charge in [0.25, 0.3) is 0 Å². The monoisotopic (exact) mass is 695 g/mol. The summed E-state index contributed by atoms with van der Waals surface area (Å²) in [6, 6.07) is 36.3. The summed E-state index contributed by atoms with van der Waals surface area (Å²) in [4.78, 5) is 19.0. The van der Waals surface area contributed by atoms with Crippen LogP contribution < -0.4 is 19.3 Å². The van der Waals surface area contributed by atoms with E-state index in [1.807, 2.05) is 85.3 Å². The normalized spacial score (nSPS) is 11.4. The van der Waals surface area contributed by atoms with Crippen molar-refractivity contribution in [2.45, 2.75) is 0 Å². The molecule has 0 bridgehead atoms. The summed E-state index contributed by atoms with van der Waals surface area (Å²) in [5.74, 6) is 1.45. The van der Waals surface area contributed by atoms with E-state index in [1.54, 1.807) is 14.2 Å². The van der Waals surface area contributed by atoms with Gasteiger partial charge in [0.1, 0.15) is 11.5 Å². The lowest BCUT2D eigenvalue weighted by molar-refractivity contribution is 0.415. The first-order valence-electron chi connectivity index (χ1n) is 16.1. The highest BCUT2D eigenvalue weighted by Crippen LogP contribution is 2.41. The fourth-order valence-corrected chi connectivity index (χ4v) is 7.04. The molecule has 9 heteroatoms. The van der Waals surface area contributed by atoms with Crippen molar-refractivity contribution in [3.05, 3.63) is 138 Å². The van der Waals surface area contributed by atoms with Crippen LogP contribution in [0.15, 0.2) is 128 Å². The summed E-state index contributed by atoms with van der Waals surface area (Å²) >= 11 is 12.9. The van der Waals surface area contributed by atoms with Crippen molar-refractivity contribution in [1.29, 1.82) is 0 Å². The van der Waals surface area contributed by atoms with E-state index < -0.39 is 0 Å². The molecule has 0 atom stereocenters. The van der Waals surface area contributed by atoms with Crippen LogP contribution in [0.5, 0.6) is 11.5 Å². The number of ether oxygens (including phenoxy) is 2. The molecule has 0 N–H and O–H groups in total. The second-order valence-electron chi connectivity index (χ2n) is 11.9. The topological polar surface area (TPSA) is 63.6 Å². The Labute approximate surface area is 299 Å². The van der Waals surface area contributed by atoms with Crippen LogP contribution in [-0.2, 0) is 0 Å². The highest BCUT2D eigenvalue weighted by Gasteiger charge is 2.23. The molecule has 246 valence electrons. The van der Waals surface area contributed by atoms with Crippen LogP contribution in [0.1, 0.15) is 0 Å². The number of nitrogens with zero attached hydrogens (tertiary/aromatic N) is 5. The van der Waals surface area contributed by atoms with Gasteiger partial charge in [-0.15, -0.1) is 0 Å².